The van der Waals surface area contributed by atoms with Crippen molar-refractivity contribution in [3.05, 3.63) is 53.6 Å². The molecule has 20 heavy (non-hydrogen) atoms. The number of phenols is 2. The van der Waals surface area contributed by atoms with E-state index in [9.17, 15) is 15.0 Å². The molecule has 0 aromatic heterocycles. The van der Waals surface area contributed by atoms with E-state index in [0.29, 0.717) is 12.2 Å². The fourth-order valence-electron chi connectivity index (χ4n) is 2.00. The number of aromatic hydroxyl groups is 2. The van der Waals surface area contributed by atoms with Crippen LogP contribution in [0.15, 0.2) is 42.5 Å². The van der Waals surface area contributed by atoms with E-state index in [2.05, 4.69) is 0 Å². The molecule has 2 aromatic rings. The summed E-state index contributed by atoms with van der Waals surface area (Å²) in [6, 6.07) is 11.2. The van der Waals surface area contributed by atoms with Crippen LogP contribution in [0.2, 0.25) is 0 Å². The zero-order chi connectivity index (χ0) is 14.7. The van der Waals surface area contributed by atoms with Crippen LogP contribution in [-0.2, 0) is 6.54 Å². The van der Waals surface area contributed by atoms with Gasteiger partial charge in [-0.1, -0.05) is 18.2 Å². The van der Waals surface area contributed by atoms with E-state index in [1.54, 1.807) is 13.1 Å². The Labute approximate surface area is 116 Å². The summed E-state index contributed by atoms with van der Waals surface area (Å²) in [5, 5.41) is 19.0. The first-order chi connectivity index (χ1) is 9.54. The number of hydrogen-bond donors (Lipinski definition) is 3. The van der Waals surface area contributed by atoms with Crippen molar-refractivity contribution in [3.8, 4) is 11.5 Å². The van der Waals surface area contributed by atoms with Gasteiger partial charge in [-0.15, -0.1) is 0 Å². The zero-order valence-electron chi connectivity index (χ0n) is 11.1. The molecule has 2 rings (SSSR count). The number of carbonyl (C=O) groups is 1. The van der Waals surface area contributed by atoms with Crippen LogP contribution in [0.1, 0.15) is 15.9 Å². The lowest BCUT2D eigenvalue weighted by atomic mass is 10.1. The minimum absolute atomic E-state index is 0.0935. The number of nitrogens with zero attached hydrogens (tertiary/aromatic N) is 1. The van der Waals surface area contributed by atoms with Gasteiger partial charge in [-0.3, -0.25) is 4.79 Å². The van der Waals surface area contributed by atoms with E-state index in [-0.39, 0.29) is 23.0 Å². The van der Waals surface area contributed by atoms with E-state index in [0.717, 1.165) is 11.6 Å². The third-order valence-corrected chi connectivity index (χ3v) is 3.09. The number of anilines is 1. The molecule has 0 aliphatic heterocycles. The van der Waals surface area contributed by atoms with Crippen LogP contribution >= 0.6 is 0 Å². The normalized spacial score (nSPS) is 10.3. The molecular formula is C15H16N2O3. The van der Waals surface area contributed by atoms with Crippen LogP contribution in [0.5, 0.6) is 11.5 Å². The summed E-state index contributed by atoms with van der Waals surface area (Å²) in [4.78, 5) is 13.8. The molecule has 1 amide bonds. The van der Waals surface area contributed by atoms with E-state index >= 15 is 0 Å². The molecule has 0 unspecified atom stereocenters. The van der Waals surface area contributed by atoms with Crippen molar-refractivity contribution in [2.24, 2.45) is 5.73 Å². The first-order valence-electron chi connectivity index (χ1n) is 6.12. The third-order valence-electron chi connectivity index (χ3n) is 3.09. The highest BCUT2D eigenvalue weighted by Gasteiger charge is 2.19. The first kappa shape index (κ1) is 13.9. The molecule has 2 aromatic carbocycles. The second-order valence-corrected chi connectivity index (χ2v) is 4.40. The maximum absolute atomic E-state index is 12.4. The number of benzene rings is 2. The second kappa shape index (κ2) is 5.63. The van der Waals surface area contributed by atoms with E-state index in [1.807, 2.05) is 18.2 Å². The Morgan fingerprint density at radius 1 is 1.20 bits per heavy atom. The maximum Gasteiger partial charge on any atom is 0.261 e. The van der Waals surface area contributed by atoms with Crippen LogP contribution in [0.4, 0.5) is 5.69 Å². The molecular weight excluding hydrogens is 256 g/mol. The molecule has 4 N–H and O–H groups in total. The Hall–Kier alpha value is -2.53. The van der Waals surface area contributed by atoms with Gasteiger partial charge in [0.15, 0.2) is 0 Å². The molecule has 0 bridgehead atoms. The molecule has 5 heteroatoms. The number of phenolic OH excluding ortho intramolecular Hbond substituents is 2. The molecule has 0 heterocycles. The minimum atomic E-state index is -0.372. The summed E-state index contributed by atoms with van der Waals surface area (Å²) in [6.45, 7) is 0.315. The lowest BCUT2D eigenvalue weighted by molar-refractivity contribution is 0.0990. The monoisotopic (exact) mass is 272 g/mol. The number of nitrogens with two attached hydrogens (primary N) is 1. The number of rotatable bonds is 3. The summed E-state index contributed by atoms with van der Waals surface area (Å²) >= 11 is 0. The minimum Gasteiger partial charge on any atom is -0.508 e. The number of carbonyl (C=O) groups excluding carboxylic acids is 1. The molecule has 0 atom stereocenters. The Morgan fingerprint density at radius 3 is 2.55 bits per heavy atom. The number of amides is 1. The smallest absolute Gasteiger partial charge is 0.261 e. The zero-order valence-corrected chi connectivity index (χ0v) is 11.1. The highest BCUT2D eigenvalue weighted by Crippen LogP contribution is 2.26. The summed E-state index contributed by atoms with van der Waals surface area (Å²) in [5.74, 6) is -0.723. The van der Waals surface area contributed by atoms with Crippen molar-refractivity contribution in [1.29, 1.82) is 0 Å². The van der Waals surface area contributed by atoms with Crippen LogP contribution < -0.4 is 10.6 Å². The van der Waals surface area contributed by atoms with Crippen molar-refractivity contribution in [3.63, 3.8) is 0 Å². The topological polar surface area (TPSA) is 86.8 Å². The Kier molecular flexibility index (Phi) is 3.91. The average molecular weight is 272 g/mol. The van der Waals surface area contributed by atoms with Gasteiger partial charge < -0.3 is 20.8 Å². The summed E-state index contributed by atoms with van der Waals surface area (Å²) in [5.41, 5.74) is 7.30. The molecule has 0 radical (unpaired) electrons. The molecule has 5 nitrogen and oxygen atoms in total. The first-order valence-corrected chi connectivity index (χ1v) is 6.12. The van der Waals surface area contributed by atoms with Gasteiger partial charge in [0.05, 0.1) is 5.56 Å². The standard InChI is InChI=1S/C15H16N2O3/c1-17(13-5-3-2-4-10(13)9-16)15(20)12-7-6-11(18)8-14(12)19/h2-8,18-19H,9,16H2,1H3. The van der Waals surface area contributed by atoms with Gasteiger partial charge in [0, 0.05) is 25.3 Å². The molecule has 0 spiro atoms. The number of hydrogen-bond acceptors (Lipinski definition) is 4. The fourth-order valence-corrected chi connectivity index (χ4v) is 2.00. The van der Waals surface area contributed by atoms with E-state index < -0.39 is 0 Å². The van der Waals surface area contributed by atoms with Gasteiger partial charge in [-0.2, -0.15) is 0 Å². The molecule has 104 valence electrons. The molecule has 0 fully saturated rings. The van der Waals surface area contributed by atoms with Gasteiger partial charge in [-0.05, 0) is 23.8 Å². The number of para-hydroxylation sites is 1. The molecule has 0 saturated heterocycles. The Balaban J connectivity index is 2.37. The highest BCUT2D eigenvalue weighted by atomic mass is 16.3. The quantitative estimate of drug-likeness (QED) is 0.795. The van der Waals surface area contributed by atoms with E-state index in [4.69, 9.17) is 5.73 Å². The Morgan fingerprint density at radius 2 is 1.90 bits per heavy atom. The largest absolute Gasteiger partial charge is 0.508 e. The summed E-state index contributed by atoms with van der Waals surface area (Å²) < 4.78 is 0. The third kappa shape index (κ3) is 2.57. The second-order valence-electron chi connectivity index (χ2n) is 4.40. The predicted octanol–water partition coefficient (Wildman–Crippen LogP) is 1.83. The molecule has 0 aliphatic rings. The van der Waals surface area contributed by atoms with Crippen molar-refractivity contribution in [2.45, 2.75) is 6.54 Å². The van der Waals surface area contributed by atoms with Gasteiger partial charge in [0.1, 0.15) is 11.5 Å². The maximum atomic E-state index is 12.4. The average Bonchev–Trinajstić information content (AvgIpc) is 2.45. The van der Waals surface area contributed by atoms with Gasteiger partial charge in [0.25, 0.3) is 5.91 Å². The van der Waals surface area contributed by atoms with Crippen LogP contribution in [0.3, 0.4) is 0 Å². The SMILES string of the molecule is CN(C(=O)c1ccc(O)cc1O)c1ccccc1CN. The van der Waals surface area contributed by atoms with Crippen molar-refractivity contribution in [2.75, 3.05) is 11.9 Å². The summed E-state index contributed by atoms with van der Waals surface area (Å²) in [6.07, 6.45) is 0. The van der Waals surface area contributed by atoms with Gasteiger partial charge in [0.2, 0.25) is 0 Å². The molecule has 0 saturated carbocycles. The lowest BCUT2D eigenvalue weighted by Crippen LogP contribution is -2.27. The Bertz CT molecular complexity index is 641. The van der Waals surface area contributed by atoms with Crippen LogP contribution in [0.25, 0.3) is 0 Å². The predicted molar refractivity (Wildman–Crippen MR) is 76.8 cm³/mol. The summed E-state index contributed by atoms with van der Waals surface area (Å²) in [7, 11) is 1.61. The van der Waals surface area contributed by atoms with Crippen LogP contribution in [-0.4, -0.2) is 23.2 Å². The highest BCUT2D eigenvalue weighted by molar-refractivity contribution is 6.07. The van der Waals surface area contributed by atoms with Gasteiger partial charge in [-0.25, -0.2) is 0 Å². The lowest BCUT2D eigenvalue weighted by Gasteiger charge is -2.20. The van der Waals surface area contributed by atoms with Crippen molar-refractivity contribution < 1.29 is 15.0 Å². The van der Waals surface area contributed by atoms with Gasteiger partial charge >= 0.3 is 0 Å². The van der Waals surface area contributed by atoms with Crippen LogP contribution in [0, 0.1) is 0 Å². The fraction of sp³-hybridized carbons (Fsp3) is 0.133. The molecule has 0 aliphatic carbocycles. The van der Waals surface area contributed by atoms with Crippen molar-refractivity contribution in [1.82, 2.24) is 0 Å². The van der Waals surface area contributed by atoms with E-state index in [1.165, 1.54) is 17.0 Å². The van der Waals surface area contributed by atoms with Crippen molar-refractivity contribution >= 4 is 11.6 Å².